The van der Waals surface area contributed by atoms with Gasteiger partial charge in [-0.05, 0) is 49.8 Å². The van der Waals surface area contributed by atoms with Gasteiger partial charge in [0.2, 0.25) is 5.91 Å². The topological polar surface area (TPSA) is 86.7 Å². The second-order valence-electron chi connectivity index (χ2n) is 8.37. The quantitative estimate of drug-likeness (QED) is 0.793. The van der Waals surface area contributed by atoms with E-state index in [2.05, 4.69) is 19.2 Å². The molecule has 1 aliphatic rings. The average Bonchev–Trinajstić information content (AvgIpc) is 2.60. The minimum absolute atomic E-state index is 0.0952. The molecule has 1 aromatic rings. The van der Waals surface area contributed by atoms with Crippen molar-refractivity contribution in [3.8, 4) is 0 Å². The summed E-state index contributed by atoms with van der Waals surface area (Å²) < 4.78 is 0. The maximum absolute atomic E-state index is 12.8. The van der Waals surface area contributed by atoms with Crippen LogP contribution < -0.4 is 5.32 Å². The van der Waals surface area contributed by atoms with E-state index in [1.807, 2.05) is 13.8 Å². The molecule has 1 aromatic carbocycles. The fourth-order valence-corrected chi connectivity index (χ4v) is 3.74. The van der Waals surface area contributed by atoms with Crippen LogP contribution in [0.1, 0.15) is 63.7 Å². The van der Waals surface area contributed by atoms with Crippen molar-refractivity contribution in [2.45, 2.75) is 59.4 Å². The first-order valence-electron chi connectivity index (χ1n) is 9.57. The molecule has 0 spiro atoms. The maximum Gasteiger partial charge on any atom is 0.326 e. The molecule has 6 nitrogen and oxygen atoms in total. The average molecular weight is 374 g/mol. The molecule has 2 rings (SSSR count). The Labute approximate surface area is 160 Å². The number of nitrogens with one attached hydrogen (secondary N) is 1. The number of benzene rings is 1. The Bertz CT molecular complexity index is 712. The third-order valence-electron chi connectivity index (χ3n) is 4.95. The Hall–Kier alpha value is -2.37. The molecule has 0 aliphatic carbocycles. The minimum Gasteiger partial charge on any atom is -0.480 e. The number of aliphatic carboxylic acids is 1. The Balaban J connectivity index is 2.16. The van der Waals surface area contributed by atoms with E-state index in [4.69, 9.17) is 0 Å². The zero-order valence-electron chi connectivity index (χ0n) is 16.6. The molecule has 0 bridgehead atoms. The van der Waals surface area contributed by atoms with Gasteiger partial charge in [-0.2, -0.15) is 0 Å². The molecule has 1 heterocycles. The molecule has 0 radical (unpaired) electrons. The number of rotatable bonds is 6. The van der Waals surface area contributed by atoms with Gasteiger partial charge in [-0.1, -0.05) is 33.8 Å². The van der Waals surface area contributed by atoms with Crippen LogP contribution in [0.2, 0.25) is 0 Å². The van der Waals surface area contributed by atoms with Crippen molar-refractivity contribution in [2.75, 3.05) is 11.9 Å². The van der Waals surface area contributed by atoms with Crippen LogP contribution in [0.25, 0.3) is 0 Å². The van der Waals surface area contributed by atoms with Crippen LogP contribution in [-0.4, -0.2) is 40.4 Å². The van der Waals surface area contributed by atoms with Gasteiger partial charge in [-0.15, -0.1) is 0 Å². The van der Waals surface area contributed by atoms with Gasteiger partial charge in [0.1, 0.15) is 6.04 Å². The largest absolute Gasteiger partial charge is 0.480 e. The number of amides is 2. The molecule has 2 amide bonds. The smallest absolute Gasteiger partial charge is 0.326 e. The number of piperidine rings is 1. The summed E-state index contributed by atoms with van der Waals surface area (Å²) in [5, 5.41) is 12.3. The number of carboxylic acid groups (broad SMARTS) is 1. The molecular weight excluding hydrogens is 344 g/mol. The number of anilines is 1. The molecule has 1 unspecified atom stereocenters. The highest BCUT2D eigenvalue weighted by Crippen LogP contribution is 2.27. The number of hydrogen-bond acceptors (Lipinski definition) is 3. The first kappa shape index (κ1) is 20.9. The summed E-state index contributed by atoms with van der Waals surface area (Å²) in [4.78, 5) is 38.3. The summed E-state index contributed by atoms with van der Waals surface area (Å²) in [6.07, 6.45) is 2.84. The molecule has 27 heavy (non-hydrogen) atoms. The lowest BCUT2D eigenvalue weighted by molar-refractivity contribution is -0.143. The molecule has 1 fully saturated rings. The molecule has 1 atom stereocenters. The van der Waals surface area contributed by atoms with Crippen molar-refractivity contribution < 1.29 is 19.5 Å². The Kier molecular flexibility index (Phi) is 6.63. The summed E-state index contributed by atoms with van der Waals surface area (Å²) in [5.41, 5.74) is 0.421. The summed E-state index contributed by atoms with van der Waals surface area (Å²) in [6, 6.07) is 5.95. The second kappa shape index (κ2) is 8.55. The van der Waals surface area contributed by atoms with Crippen LogP contribution in [0.3, 0.4) is 0 Å². The molecule has 1 saturated heterocycles. The molecule has 148 valence electrons. The Morgan fingerprint density at radius 2 is 1.96 bits per heavy atom. The number of nitrogens with zero attached hydrogens (tertiary/aromatic N) is 1. The van der Waals surface area contributed by atoms with Crippen LogP contribution in [0.4, 0.5) is 5.69 Å². The lowest BCUT2D eigenvalue weighted by atomic mass is 9.83. The van der Waals surface area contributed by atoms with Crippen LogP contribution in [0.5, 0.6) is 0 Å². The minimum atomic E-state index is -0.969. The van der Waals surface area contributed by atoms with Gasteiger partial charge in [0, 0.05) is 23.2 Å². The highest BCUT2D eigenvalue weighted by atomic mass is 16.4. The van der Waals surface area contributed by atoms with E-state index in [-0.39, 0.29) is 11.8 Å². The van der Waals surface area contributed by atoms with Crippen molar-refractivity contribution in [1.82, 2.24) is 4.90 Å². The number of likely N-dealkylation sites (tertiary alicyclic amines) is 1. The van der Waals surface area contributed by atoms with Gasteiger partial charge < -0.3 is 15.3 Å². The molecule has 1 aliphatic heterocycles. The van der Waals surface area contributed by atoms with Crippen molar-refractivity contribution >= 4 is 23.5 Å². The lowest BCUT2D eigenvalue weighted by Gasteiger charge is -2.33. The normalized spacial score (nSPS) is 17.7. The molecular formula is C21H30N2O4. The molecule has 0 saturated carbocycles. The van der Waals surface area contributed by atoms with E-state index in [1.54, 1.807) is 24.3 Å². The van der Waals surface area contributed by atoms with E-state index in [9.17, 15) is 19.5 Å². The fraction of sp³-hybridized carbons (Fsp3) is 0.571. The number of hydrogen-bond donors (Lipinski definition) is 2. The first-order chi connectivity index (χ1) is 12.6. The van der Waals surface area contributed by atoms with Gasteiger partial charge in [0.05, 0.1) is 0 Å². The lowest BCUT2D eigenvalue weighted by Crippen LogP contribution is -2.48. The summed E-state index contributed by atoms with van der Waals surface area (Å²) >= 11 is 0. The zero-order valence-corrected chi connectivity index (χ0v) is 16.6. The van der Waals surface area contributed by atoms with Crippen molar-refractivity contribution in [2.24, 2.45) is 11.3 Å². The van der Waals surface area contributed by atoms with Gasteiger partial charge in [-0.25, -0.2) is 4.79 Å². The van der Waals surface area contributed by atoms with Gasteiger partial charge in [-0.3, -0.25) is 9.59 Å². The van der Waals surface area contributed by atoms with E-state index in [0.29, 0.717) is 30.1 Å². The van der Waals surface area contributed by atoms with Crippen molar-refractivity contribution in [1.29, 1.82) is 0 Å². The van der Waals surface area contributed by atoms with Crippen LogP contribution in [0, 0.1) is 11.3 Å². The Morgan fingerprint density at radius 3 is 2.59 bits per heavy atom. The molecule has 0 aromatic heterocycles. The first-order valence-corrected chi connectivity index (χ1v) is 9.57. The van der Waals surface area contributed by atoms with Gasteiger partial charge in [0.25, 0.3) is 5.91 Å². The van der Waals surface area contributed by atoms with Gasteiger partial charge in [0.15, 0.2) is 0 Å². The van der Waals surface area contributed by atoms with Gasteiger partial charge >= 0.3 is 5.97 Å². The number of carbonyl (C=O) groups is 3. The third-order valence-corrected chi connectivity index (χ3v) is 4.95. The van der Waals surface area contributed by atoms with E-state index in [1.165, 1.54) is 4.90 Å². The Morgan fingerprint density at radius 1 is 1.26 bits per heavy atom. The van der Waals surface area contributed by atoms with Crippen molar-refractivity contribution in [3.05, 3.63) is 29.8 Å². The summed E-state index contributed by atoms with van der Waals surface area (Å²) in [5.74, 6) is -0.976. The predicted octanol–water partition coefficient (Wildman–Crippen LogP) is 3.78. The second-order valence-corrected chi connectivity index (χ2v) is 8.37. The fourth-order valence-electron chi connectivity index (χ4n) is 3.74. The van der Waals surface area contributed by atoms with Crippen molar-refractivity contribution in [3.63, 3.8) is 0 Å². The standard InChI is InChI=1S/C21H30N2O4/c1-14(2)13-21(3,4)20(27)22-16-9-7-8-15(12-16)18(24)23-11-6-5-10-17(23)19(25)26/h7-9,12,14,17H,5-6,10-11,13H2,1-4H3,(H,22,27)(H,25,26). The van der Waals surface area contributed by atoms with Crippen LogP contribution in [-0.2, 0) is 9.59 Å². The van der Waals surface area contributed by atoms with Crippen LogP contribution >= 0.6 is 0 Å². The van der Waals surface area contributed by atoms with Crippen LogP contribution in [0.15, 0.2) is 24.3 Å². The number of carboxylic acids is 1. The maximum atomic E-state index is 12.8. The monoisotopic (exact) mass is 374 g/mol. The zero-order chi connectivity index (χ0) is 20.2. The number of carbonyl (C=O) groups excluding carboxylic acids is 2. The molecule has 6 heteroatoms. The van der Waals surface area contributed by atoms with E-state index in [0.717, 1.165) is 19.3 Å². The third kappa shape index (κ3) is 5.31. The summed E-state index contributed by atoms with van der Waals surface area (Å²) in [7, 11) is 0. The van der Waals surface area contributed by atoms with E-state index >= 15 is 0 Å². The molecule has 2 N–H and O–H groups in total. The predicted molar refractivity (Wildman–Crippen MR) is 105 cm³/mol. The SMILES string of the molecule is CC(C)CC(C)(C)C(=O)Nc1cccc(C(=O)N2CCCCC2C(=O)O)c1. The van der Waals surface area contributed by atoms with E-state index < -0.39 is 17.4 Å². The summed E-state index contributed by atoms with van der Waals surface area (Å²) in [6.45, 7) is 8.40. The highest BCUT2D eigenvalue weighted by molar-refractivity contribution is 5.99. The highest BCUT2D eigenvalue weighted by Gasteiger charge is 2.33.